The number of Topliss-reactive ketones (excluding diaryl/α,β-unsaturated/α-hetero) is 1. The molecular formula is C17H25NO2. The van der Waals surface area contributed by atoms with Crippen molar-refractivity contribution in [1.29, 1.82) is 0 Å². The molecule has 3 heteroatoms. The van der Waals surface area contributed by atoms with Crippen molar-refractivity contribution in [1.82, 2.24) is 4.90 Å². The van der Waals surface area contributed by atoms with E-state index in [0.29, 0.717) is 17.9 Å². The number of nitrogens with zero attached hydrogens (tertiary/aromatic N) is 1. The second kappa shape index (κ2) is 7.44. The fourth-order valence-corrected chi connectivity index (χ4v) is 2.84. The van der Waals surface area contributed by atoms with Crippen molar-refractivity contribution in [3.05, 3.63) is 29.8 Å². The lowest BCUT2D eigenvalue weighted by molar-refractivity contribution is 0.101. The molecule has 0 amide bonds. The Morgan fingerprint density at radius 1 is 1.40 bits per heavy atom. The minimum atomic E-state index is 0.0606. The van der Waals surface area contributed by atoms with Crippen LogP contribution in [0.15, 0.2) is 24.3 Å². The molecular weight excluding hydrogens is 250 g/mol. The van der Waals surface area contributed by atoms with E-state index in [4.69, 9.17) is 4.74 Å². The molecule has 1 aromatic carbocycles. The quantitative estimate of drug-likeness (QED) is 0.589. The third kappa shape index (κ3) is 4.34. The number of piperidine rings is 1. The van der Waals surface area contributed by atoms with Gasteiger partial charge in [-0.25, -0.2) is 0 Å². The molecule has 110 valence electrons. The molecule has 1 saturated heterocycles. The largest absolute Gasteiger partial charge is 0.493 e. The number of hydrogen-bond donors (Lipinski definition) is 0. The van der Waals surface area contributed by atoms with Gasteiger partial charge in [0.05, 0.1) is 12.2 Å². The average molecular weight is 275 g/mol. The first-order valence-electron chi connectivity index (χ1n) is 7.62. The number of ketones is 1. The van der Waals surface area contributed by atoms with E-state index < -0.39 is 0 Å². The zero-order chi connectivity index (χ0) is 14.4. The van der Waals surface area contributed by atoms with Crippen LogP contribution in [0.5, 0.6) is 5.75 Å². The molecule has 0 bridgehead atoms. The molecule has 1 aliphatic rings. The molecule has 1 atom stereocenters. The van der Waals surface area contributed by atoms with Crippen LogP contribution in [0.4, 0.5) is 0 Å². The summed E-state index contributed by atoms with van der Waals surface area (Å²) in [5, 5.41) is 0. The van der Waals surface area contributed by atoms with Gasteiger partial charge in [-0.05, 0) is 50.8 Å². The molecule has 0 aromatic heterocycles. The van der Waals surface area contributed by atoms with Crippen molar-refractivity contribution in [2.75, 3.05) is 26.2 Å². The highest BCUT2D eigenvalue weighted by molar-refractivity contribution is 5.96. The number of likely N-dealkylation sites (tertiary alicyclic amines) is 1. The number of hydrogen-bond acceptors (Lipinski definition) is 3. The highest BCUT2D eigenvalue weighted by Gasteiger charge is 2.15. The summed E-state index contributed by atoms with van der Waals surface area (Å²) >= 11 is 0. The Hall–Kier alpha value is -1.35. The van der Waals surface area contributed by atoms with Crippen molar-refractivity contribution < 1.29 is 9.53 Å². The Bertz CT molecular complexity index is 444. The predicted octanol–water partition coefficient (Wildman–Crippen LogP) is 3.39. The van der Waals surface area contributed by atoms with Gasteiger partial charge in [-0.15, -0.1) is 0 Å². The van der Waals surface area contributed by atoms with Crippen LogP contribution in [0.2, 0.25) is 0 Å². The van der Waals surface area contributed by atoms with Crippen LogP contribution < -0.4 is 4.74 Å². The summed E-state index contributed by atoms with van der Waals surface area (Å²) in [4.78, 5) is 14.0. The first-order valence-corrected chi connectivity index (χ1v) is 7.62. The molecule has 1 aliphatic heterocycles. The number of benzene rings is 1. The maximum atomic E-state index is 11.5. The van der Waals surface area contributed by atoms with E-state index in [0.717, 1.165) is 18.9 Å². The third-order valence-electron chi connectivity index (χ3n) is 3.88. The molecule has 0 spiro atoms. The van der Waals surface area contributed by atoms with Crippen molar-refractivity contribution in [2.24, 2.45) is 5.92 Å². The van der Waals surface area contributed by atoms with Crippen LogP contribution in [0.25, 0.3) is 0 Å². The van der Waals surface area contributed by atoms with E-state index in [9.17, 15) is 4.79 Å². The summed E-state index contributed by atoms with van der Waals surface area (Å²) in [6.07, 6.45) is 3.69. The van der Waals surface area contributed by atoms with E-state index in [1.165, 1.54) is 25.9 Å². The van der Waals surface area contributed by atoms with Crippen LogP contribution in [0.1, 0.15) is 43.5 Å². The molecule has 1 fully saturated rings. The molecule has 0 saturated carbocycles. The fourth-order valence-electron chi connectivity index (χ4n) is 2.84. The maximum Gasteiger partial charge on any atom is 0.163 e. The Morgan fingerprint density at radius 3 is 2.95 bits per heavy atom. The Kier molecular flexibility index (Phi) is 5.60. The summed E-state index contributed by atoms with van der Waals surface area (Å²) in [6, 6.07) is 7.48. The van der Waals surface area contributed by atoms with Crippen molar-refractivity contribution in [2.45, 2.75) is 33.1 Å². The summed E-state index contributed by atoms with van der Waals surface area (Å²) in [7, 11) is 0. The maximum absolute atomic E-state index is 11.5. The SMILES string of the molecule is CC(=O)c1ccccc1OCCCN1CCC[C@H](C)C1. The average Bonchev–Trinajstić information content (AvgIpc) is 2.44. The second-order valence-corrected chi connectivity index (χ2v) is 5.80. The normalized spacial score (nSPS) is 19.8. The molecule has 0 unspecified atom stereocenters. The molecule has 0 aliphatic carbocycles. The van der Waals surface area contributed by atoms with Gasteiger partial charge in [-0.2, -0.15) is 0 Å². The Morgan fingerprint density at radius 2 is 2.20 bits per heavy atom. The van der Waals surface area contributed by atoms with E-state index >= 15 is 0 Å². The van der Waals surface area contributed by atoms with Crippen molar-refractivity contribution in [3.8, 4) is 5.75 Å². The lowest BCUT2D eigenvalue weighted by atomic mass is 10.0. The minimum absolute atomic E-state index is 0.0606. The molecule has 2 rings (SSSR count). The van der Waals surface area contributed by atoms with Crippen LogP contribution in [-0.2, 0) is 0 Å². The zero-order valence-electron chi connectivity index (χ0n) is 12.6. The van der Waals surface area contributed by atoms with Gasteiger partial charge in [0, 0.05) is 13.1 Å². The van der Waals surface area contributed by atoms with Gasteiger partial charge in [-0.3, -0.25) is 4.79 Å². The number of rotatable bonds is 6. The second-order valence-electron chi connectivity index (χ2n) is 5.80. The van der Waals surface area contributed by atoms with E-state index in [1.54, 1.807) is 6.92 Å². The molecule has 1 aromatic rings. The Labute approximate surface area is 121 Å². The highest BCUT2D eigenvalue weighted by atomic mass is 16.5. The summed E-state index contributed by atoms with van der Waals surface area (Å²) in [5.41, 5.74) is 0.680. The first-order chi connectivity index (χ1) is 9.66. The monoisotopic (exact) mass is 275 g/mol. The number of carbonyl (C=O) groups excluding carboxylic acids is 1. The van der Waals surface area contributed by atoms with Gasteiger partial charge in [0.15, 0.2) is 5.78 Å². The summed E-state index contributed by atoms with van der Waals surface area (Å²) < 4.78 is 5.77. The van der Waals surface area contributed by atoms with E-state index in [-0.39, 0.29) is 5.78 Å². The van der Waals surface area contributed by atoms with Crippen LogP contribution in [-0.4, -0.2) is 36.9 Å². The lowest BCUT2D eigenvalue weighted by Crippen LogP contribution is -2.35. The molecule has 3 nitrogen and oxygen atoms in total. The van der Waals surface area contributed by atoms with Crippen LogP contribution >= 0.6 is 0 Å². The zero-order valence-corrected chi connectivity index (χ0v) is 12.6. The topological polar surface area (TPSA) is 29.5 Å². The van der Waals surface area contributed by atoms with Gasteiger partial charge < -0.3 is 9.64 Å². The highest BCUT2D eigenvalue weighted by Crippen LogP contribution is 2.19. The van der Waals surface area contributed by atoms with Crippen molar-refractivity contribution >= 4 is 5.78 Å². The number of para-hydroxylation sites is 1. The fraction of sp³-hybridized carbons (Fsp3) is 0.588. The number of carbonyl (C=O) groups is 1. The first kappa shape index (κ1) is 15.0. The van der Waals surface area contributed by atoms with Gasteiger partial charge in [-0.1, -0.05) is 19.1 Å². The Balaban J connectivity index is 1.74. The summed E-state index contributed by atoms with van der Waals surface area (Å²) in [5.74, 6) is 1.60. The van der Waals surface area contributed by atoms with Gasteiger partial charge >= 0.3 is 0 Å². The predicted molar refractivity (Wildman–Crippen MR) is 81.4 cm³/mol. The molecule has 0 radical (unpaired) electrons. The van der Waals surface area contributed by atoms with E-state index in [1.807, 2.05) is 24.3 Å². The molecule has 1 heterocycles. The lowest BCUT2D eigenvalue weighted by Gasteiger charge is -2.30. The number of ether oxygens (including phenoxy) is 1. The van der Waals surface area contributed by atoms with Gasteiger partial charge in [0.2, 0.25) is 0 Å². The van der Waals surface area contributed by atoms with E-state index in [2.05, 4.69) is 11.8 Å². The van der Waals surface area contributed by atoms with Crippen LogP contribution in [0.3, 0.4) is 0 Å². The van der Waals surface area contributed by atoms with Gasteiger partial charge in [0.1, 0.15) is 5.75 Å². The smallest absolute Gasteiger partial charge is 0.163 e. The molecule has 0 N–H and O–H groups in total. The molecule has 20 heavy (non-hydrogen) atoms. The van der Waals surface area contributed by atoms with Gasteiger partial charge in [0.25, 0.3) is 0 Å². The standard InChI is InChI=1S/C17H25NO2/c1-14-7-5-10-18(13-14)11-6-12-20-17-9-4-3-8-16(17)15(2)19/h3-4,8-9,14H,5-7,10-13H2,1-2H3/t14-/m0/s1. The third-order valence-corrected chi connectivity index (χ3v) is 3.88. The minimum Gasteiger partial charge on any atom is -0.493 e. The summed E-state index contributed by atoms with van der Waals surface area (Å²) in [6.45, 7) is 8.10. The van der Waals surface area contributed by atoms with Crippen LogP contribution in [0, 0.1) is 5.92 Å². The van der Waals surface area contributed by atoms with Crippen molar-refractivity contribution in [3.63, 3.8) is 0 Å².